The Morgan fingerprint density at radius 2 is 1.73 bits per heavy atom. The van der Waals surface area contributed by atoms with E-state index in [1.165, 1.54) is 12.1 Å². The number of hydrogen-bond donors (Lipinski definition) is 4. The number of alkyl halides is 3. The average Bonchev–Trinajstić information content (AvgIpc) is 2.89. The first kappa shape index (κ1) is 34.0. The fourth-order valence-electron chi connectivity index (χ4n) is 3.90. The van der Waals surface area contributed by atoms with Crippen molar-refractivity contribution in [2.45, 2.75) is 39.4 Å². The van der Waals surface area contributed by atoms with Gasteiger partial charge in [0.15, 0.2) is 11.6 Å². The molecule has 2 aromatic carbocycles. The summed E-state index contributed by atoms with van der Waals surface area (Å²) in [5.74, 6) is -2.95. The zero-order valence-electron chi connectivity index (χ0n) is 22.8. The standard InChI is InChI=1S/C22H23ClF5N5O2.C5H12O/c23-14-2-4-16(17(11-14)33-9-7-32(8-10-33)6-5-22(26,27)28)31-20(34)15-3-1-13(12-30-21(29)35)18(24)19(15)25;1-5(2)3-4-6/h1-4,11H,5-10,12H2,(H,31,34)(H3,29,30,35);5-6H,3-4H2,1-2H3. The third-order valence-electron chi connectivity index (χ3n) is 6.20. The lowest BCUT2D eigenvalue weighted by Crippen LogP contribution is -2.47. The zero-order valence-corrected chi connectivity index (χ0v) is 23.6. The van der Waals surface area contributed by atoms with Crippen molar-refractivity contribution in [3.05, 3.63) is 58.1 Å². The minimum Gasteiger partial charge on any atom is -0.396 e. The molecule has 1 aliphatic heterocycles. The van der Waals surface area contributed by atoms with Crippen LogP contribution in [0.1, 0.15) is 42.6 Å². The number of piperazine rings is 1. The van der Waals surface area contributed by atoms with Crippen molar-refractivity contribution in [3.63, 3.8) is 0 Å². The Balaban J connectivity index is 0.000000883. The number of anilines is 2. The normalized spacial score (nSPS) is 14.0. The second kappa shape index (κ2) is 15.7. The number of nitrogens with two attached hydrogens (primary N) is 1. The highest BCUT2D eigenvalue weighted by atomic mass is 35.5. The summed E-state index contributed by atoms with van der Waals surface area (Å²) in [6.07, 6.45) is -4.20. The first-order valence-corrected chi connectivity index (χ1v) is 13.4. The van der Waals surface area contributed by atoms with E-state index >= 15 is 0 Å². The number of amides is 3. The predicted molar refractivity (Wildman–Crippen MR) is 148 cm³/mol. The smallest absolute Gasteiger partial charge is 0.390 e. The number of carbonyl (C=O) groups excluding carboxylic acids is 2. The highest BCUT2D eigenvalue weighted by Crippen LogP contribution is 2.31. The van der Waals surface area contributed by atoms with Gasteiger partial charge >= 0.3 is 12.2 Å². The van der Waals surface area contributed by atoms with Gasteiger partial charge in [0, 0.05) is 56.5 Å². The van der Waals surface area contributed by atoms with Crippen molar-refractivity contribution < 1.29 is 36.6 Å². The third-order valence-corrected chi connectivity index (χ3v) is 6.43. The van der Waals surface area contributed by atoms with Crippen molar-refractivity contribution in [2.24, 2.45) is 11.7 Å². The number of benzene rings is 2. The number of aliphatic hydroxyl groups is 1. The van der Waals surface area contributed by atoms with Crippen molar-refractivity contribution in [1.82, 2.24) is 10.2 Å². The average molecular weight is 608 g/mol. The first-order valence-electron chi connectivity index (χ1n) is 13.0. The second-order valence-corrected chi connectivity index (χ2v) is 10.3. The summed E-state index contributed by atoms with van der Waals surface area (Å²) < 4.78 is 66.4. The van der Waals surface area contributed by atoms with Gasteiger partial charge in [0.05, 0.1) is 23.4 Å². The van der Waals surface area contributed by atoms with E-state index in [1.54, 1.807) is 11.0 Å². The molecule has 1 saturated heterocycles. The molecule has 1 fully saturated rings. The highest BCUT2D eigenvalue weighted by Gasteiger charge is 2.29. The van der Waals surface area contributed by atoms with Crippen LogP contribution in [-0.2, 0) is 6.54 Å². The molecule has 0 radical (unpaired) electrons. The first-order chi connectivity index (χ1) is 19.2. The zero-order chi connectivity index (χ0) is 30.7. The monoisotopic (exact) mass is 607 g/mol. The van der Waals surface area contributed by atoms with E-state index in [0.29, 0.717) is 49.4 Å². The molecule has 3 rings (SSSR count). The van der Waals surface area contributed by atoms with Gasteiger partial charge in [-0.05, 0) is 36.6 Å². The van der Waals surface area contributed by atoms with Gasteiger partial charge in [0.25, 0.3) is 5.91 Å². The van der Waals surface area contributed by atoms with Gasteiger partial charge in [0.2, 0.25) is 0 Å². The summed E-state index contributed by atoms with van der Waals surface area (Å²) in [7, 11) is 0. The molecule has 0 saturated carbocycles. The summed E-state index contributed by atoms with van der Waals surface area (Å²) >= 11 is 6.11. The molecule has 0 spiro atoms. The number of rotatable bonds is 9. The molecule has 228 valence electrons. The molecule has 41 heavy (non-hydrogen) atoms. The van der Waals surface area contributed by atoms with E-state index < -0.39 is 41.7 Å². The summed E-state index contributed by atoms with van der Waals surface area (Å²) in [5.41, 5.74) is 4.97. The second-order valence-electron chi connectivity index (χ2n) is 9.83. The number of nitrogens with one attached hydrogen (secondary N) is 2. The van der Waals surface area contributed by atoms with Crippen LogP contribution in [0.4, 0.5) is 38.1 Å². The number of hydrogen-bond acceptors (Lipinski definition) is 5. The minimum absolute atomic E-state index is 0.105. The van der Waals surface area contributed by atoms with Gasteiger partial charge in [-0.3, -0.25) is 9.69 Å². The third kappa shape index (κ3) is 11.3. The molecule has 14 heteroatoms. The van der Waals surface area contributed by atoms with Crippen LogP contribution in [-0.4, -0.2) is 67.5 Å². The maximum absolute atomic E-state index is 14.6. The quantitative estimate of drug-likeness (QED) is 0.295. The fourth-order valence-corrected chi connectivity index (χ4v) is 4.07. The number of carbonyl (C=O) groups is 2. The molecule has 1 heterocycles. The van der Waals surface area contributed by atoms with Gasteiger partial charge in [0.1, 0.15) is 0 Å². The molecule has 1 aliphatic rings. The molecule has 5 N–H and O–H groups in total. The Labute approximate surface area is 240 Å². The SMILES string of the molecule is CC(C)CCO.NC(=O)NCc1ccc(C(=O)Nc2ccc(Cl)cc2N2CCN(CCC(F)(F)F)CC2)c(F)c1F. The Kier molecular flexibility index (Phi) is 13.1. The minimum atomic E-state index is -4.23. The Bertz CT molecular complexity index is 1170. The van der Waals surface area contributed by atoms with Crippen LogP contribution in [0.2, 0.25) is 5.02 Å². The van der Waals surface area contributed by atoms with Gasteiger partial charge in [-0.2, -0.15) is 13.2 Å². The van der Waals surface area contributed by atoms with Crippen molar-refractivity contribution in [3.8, 4) is 0 Å². The number of nitrogens with zero attached hydrogens (tertiary/aromatic N) is 2. The summed E-state index contributed by atoms with van der Waals surface area (Å²) in [4.78, 5) is 27.1. The van der Waals surface area contributed by atoms with Crippen molar-refractivity contribution in [1.29, 1.82) is 0 Å². The maximum Gasteiger partial charge on any atom is 0.390 e. The Morgan fingerprint density at radius 1 is 1.07 bits per heavy atom. The Morgan fingerprint density at radius 3 is 2.27 bits per heavy atom. The van der Waals surface area contributed by atoms with E-state index in [2.05, 4.69) is 24.5 Å². The van der Waals surface area contributed by atoms with Crippen LogP contribution >= 0.6 is 11.6 Å². The highest BCUT2D eigenvalue weighted by molar-refractivity contribution is 6.31. The molecule has 0 atom stereocenters. The molecule has 0 unspecified atom stereocenters. The summed E-state index contributed by atoms with van der Waals surface area (Å²) in [5, 5.41) is 13.3. The molecule has 8 nitrogen and oxygen atoms in total. The maximum atomic E-state index is 14.6. The predicted octanol–water partition coefficient (Wildman–Crippen LogP) is 5.14. The van der Waals surface area contributed by atoms with Crippen LogP contribution < -0.4 is 21.3 Å². The van der Waals surface area contributed by atoms with E-state index in [1.807, 2.05) is 4.90 Å². The van der Waals surface area contributed by atoms with Gasteiger partial charge < -0.3 is 26.4 Å². The van der Waals surface area contributed by atoms with Crippen molar-refractivity contribution in [2.75, 3.05) is 49.5 Å². The largest absolute Gasteiger partial charge is 0.396 e. The Hall–Kier alpha value is -3.16. The lowest BCUT2D eigenvalue weighted by Gasteiger charge is -2.37. The van der Waals surface area contributed by atoms with E-state index in [9.17, 15) is 31.5 Å². The van der Waals surface area contributed by atoms with E-state index in [0.717, 1.165) is 18.6 Å². The summed E-state index contributed by atoms with van der Waals surface area (Å²) in [6, 6.07) is 5.93. The number of halogens is 6. The van der Waals surface area contributed by atoms with Crippen LogP contribution in [0.25, 0.3) is 0 Å². The van der Waals surface area contributed by atoms with Crippen molar-refractivity contribution >= 4 is 34.9 Å². The number of primary amides is 1. The van der Waals surface area contributed by atoms with E-state index in [-0.39, 0.29) is 24.3 Å². The summed E-state index contributed by atoms with van der Waals surface area (Å²) in [6.45, 7) is 5.57. The van der Waals surface area contributed by atoms with Crippen LogP contribution in [0, 0.1) is 17.6 Å². The van der Waals surface area contributed by atoms with Gasteiger partial charge in [-0.15, -0.1) is 0 Å². The van der Waals surface area contributed by atoms with E-state index in [4.69, 9.17) is 22.4 Å². The lowest BCUT2D eigenvalue weighted by atomic mass is 10.1. The molecule has 0 aromatic heterocycles. The number of urea groups is 1. The molecular weight excluding hydrogens is 573 g/mol. The fraction of sp³-hybridized carbons (Fsp3) is 0.481. The number of aliphatic hydroxyl groups excluding tert-OH is 1. The van der Waals surface area contributed by atoms with Gasteiger partial charge in [-0.25, -0.2) is 13.6 Å². The van der Waals surface area contributed by atoms with Crippen LogP contribution in [0.5, 0.6) is 0 Å². The molecule has 0 aliphatic carbocycles. The topological polar surface area (TPSA) is 111 Å². The molecule has 3 amide bonds. The molecule has 0 bridgehead atoms. The van der Waals surface area contributed by atoms with Crippen LogP contribution in [0.15, 0.2) is 30.3 Å². The molecule has 2 aromatic rings. The molecular formula is C27H35ClF5N5O3. The van der Waals surface area contributed by atoms with Crippen LogP contribution in [0.3, 0.4) is 0 Å². The van der Waals surface area contributed by atoms with Gasteiger partial charge in [-0.1, -0.05) is 31.5 Å². The lowest BCUT2D eigenvalue weighted by molar-refractivity contribution is -0.138.